The van der Waals surface area contributed by atoms with Crippen molar-refractivity contribution in [1.29, 1.82) is 0 Å². The largest absolute Gasteiger partial charge is 0.337 e. The number of hydrogen-bond acceptors (Lipinski definition) is 4. The molecule has 0 radical (unpaired) electrons. The molecule has 3 aromatic rings. The average molecular weight is 402 g/mol. The molecule has 6 nitrogen and oxygen atoms in total. The summed E-state index contributed by atoms with van der Waals surface area (Å²) in [5.74, 6) is -0.0219. The van der Waals surface area contributed by atoms with Gasteiger partial charge in [-0.1, -0.05) is 19.1 Å². The third-order valence-electron chi connectivity index (χ3n) is 5.03. The van der Waals surface area contributed by atoms with Gasteiger partial charge in [-0.05, 0) is 48.4 Å². The number of nitrogens with zero attached hydrogens (tertiary/aromatic N) is 4. The first kappa shape index (κ1) is 21.2. The maximum atomic E-state index is 12.7. The summed E-state index contributed by atoms with van der Waals surface area (Å²) in [4.78, 5) is 36.5. The van der Waals surface area contributed by atoms with Crippen LogP contribution in [0.1, 0.15) is 34.8 Å². The lowest BCUT2D eigenvalue weighted by Crippen LogP contribution is -2.26. The monoisotopic (exact) mass is 402 g/mol. The molecule has 0 fully saturated rings. The minimum Gasteiger partial charge on any atom is -0.337 e. The second-order valence-corrected chi connectivity index (χ2v) is 7.26. The van der Waals surface area contributed by atoms with E-state index in [-0.39, 0.29) is 11.8 Å². The molecule has 6 heteroatoms. The number of benzene rings is 1. The maximum Gasteiger partial charge on any atom is 0.255 e. The number of aromatic nitrogens is 2. The van der Waals surface area contributed by atoms with Crippen LogP contribution in [0.4, 0.5) is 5.69 Å². The number of carbonyl (C=O) groups excluding carboxylic acids is 2. The predicted molar refractivity (Wildman–Crippen MR) is 118 cm³/mol. The van der Waals surface area contributed by atoms with Gasteiger partial charge in [-0.15, -0.1) is 0 Å². The number of amides is 2. The molecule has 3 rings (SSSR count). The van der Waals surface area contributed by atoms with Crippen LogP contribution >= 0.6 is 0 Å². The number of rotatable bonds is 6. The van der Waals surface area contributed by atoms with Crippen LogP contribution in [-0.2, 0) is 11.3 Å². The second-order valence-electron chi connectivity index (χ2n) is 7.26. The number of aryl methyl sites for hydroxylation is 1. The normalized spacial score (nSPS) is 10.5. The molecule has 0 N–H and O–H groups in total. The Morgan fingerprint density at radius 2 is 1.83 bits per heavy atom. The van der Waals surface area contributed by atoms with Gasteiger partial charge in [0.25, 0.3) is 5.91 Å². The molecule has 0 atom stereocenters. The first-order valence-electron chi connectivity index (χ1n) is 9.88. The van der Waals surface area contributed by atoms with Crippen LogP contribution < -0.4 is 4.90 Å². The Hall–Kier alpha value is -3.54. The zero-order valence-corrected chi connectivity index (χ0v) is 17.8. The molecular weight excluding hydrogens is 376 g/mol. The zero-order valence-electron chi connectivity index (χ0n) is 17.8. The van der Waals surface area contributed by atoms with E-state index in [2.05, 4.69) is 9.97 Å². The van der Waals surface area contributed by atoms with Crippen molar-refractivity contribution in [2.45, 2.75) is 26.8 Å². The summed E-state index contributed by atoms with van der Waals surface area (Å²) >= 11 is 0. The molecule has 0 saturated carbocycles. The Kier molecular flexibility index (Phi) is 6.57. The third kappa shape index (κ3) is 4.71. The van der Waals surface area contributed by atoms with Gasteiger partial charge in [0.15, 0.2) is 0 Å². The Balaban J connectivity index is 1.74. The van der Waals surface area contributed by atoms with Gasteiger partial charge in [-0.2, -0.15) is 0 Å². The zero-order chi connectivity index (χ0) is 21.7. The number of hydrogen-bond donors (Lipinski definition) is 0. The van der Waals surface area contributed by atoms with E-state index >= 15 is 0 Å². The Morgan fingerprint density at radius 1 is 1.03 bits per heavy atom. The molecule has 2 heterocycles. The molecule has 0 aliphatic rings. The average Bonchev–Trinajstić information content (AvgIpc) is 2.78. The van der Waals surface area contributed by atoms with Gasteiger partial charge in [0.05, 0.1) is 11.3 Å². The van der Waals surface area contributed by atoms with Crippen molar-refractivity contribution in [2.75, 3.05) is 19.0 Å². The molecule has 2 amide bonds. The summed E-state index contributed by atoms with van der Waals surface area (Å²) < 4.78 is 0. The highest BCUT2D eigenvalue weighted by Crippen LogP contribution is 2.26. The molecule has 0 saturated heterocycles. The van der Waals surface area contributed by atoms with Crippen LogP contribution in [0.3, 0.4) is 0 Å². The van der Waals surface area contributed by atoms with Crippen LogP contribution in [0, 0.1) is 6.92 Å². The van der Waals surface area contributed by atoms with Crippen LogP contribution in [0.15, 0.2) is 61.1 Å². The first-order chi connectivity index (χ1) is 14.4. The van der Waals surface area contributed by atoms with E-state index in [9.17, 15) is 9.59 Å². The molecule has 154 valence electrons. The fourth-order valence-electron chi connectivity index (χ4n) is 3.31. The second kappa shape index (κ2) is 9.31. The summed E-state index contributed by atoms with van der Waals surface area (Å²) in [5, 5.41) is 0. The van der Waals surface area contributed by atoms with Crippen molar-refractivity contribution in [3.8, 4) is 11.3 Å². The van der Waals surface area contributed by atoms with Crippen molar-refractivity contribution in [1.82, 2.24) is 14.9 Å². The van der Waals surface area contributed by atoms with E-state index in [1.54, 1.807) is 48.6 Å². The van der Waals surface area contributed by atoms with Crippen LogP contribution in [0.2, 0.25) is 0 Å². The first-order valence-corrected chi connectivity index (χ1v) is 9.88. The Morgan fingerprint density at radius 3 is 2.43 bits per heavy atom. The maximum absolute atomic E-state index is 12.7. The van der Waals surface area contributed by atoms with Gasteiger partial charge in [0.2, 0.25) is 5.91 Å². The van der Waals surface area contributed by atoms with Crippen LogP contribution in [0.25, 0.3) is 11.3 Å². The molecule has 0 unspecified atom stereocenters. The van der Waals surface area contributed by atoms with Gasteiger partial charge in [-0.25, -0.2) is 0 Å². The van der Waals surface area contributed by atoms with Crippen LogP contribution in [0.5, 0.6) is 0 Å². The number of anilines is 1. The quantitative estimate of drug-likeness (QED) is 0.623. The molecule has 30 heavy (non-hydrogen) atoms. The smallest absolute Gasteiger partial charge is 0.255 e. The summed E-state index contributed by atoms with van der Waals surface area (Å²) in [6.45, 7) is 4.31. The number of pyridine rings is 2. The summed E-state index contributed by atoms with van der Waals surface area (Å²) in [6, 6.07) is 13.3. The molecule has 0 bridgehead atoms. The van der Waals surface area contributed by atoms with Crippen molar-refractivity contribution in [2.24, 2.45) is 0 Å². The van der Waals surface area contributed by atoms with Crippen molar-refractivity contribution >= 4 is 17.5 Å². The highest BCUT2D eigenvalue weighted by molar-refractivity contribution is 5.94. The minimum atomic E-state index is -0.0934. The highest BCUT2D eigenvalue weighted by Gasteiger charge is 2.14. The van der Waals surface area contributed by atoms with E-state index in [0.29, 0.717) is 18.5 Å². The minimum absolute atomic E-state index is 0.0715. The lowest BCUT2D eigenvalue weighted by Gasteiger charge is -2.19. The molecule has 2 aromatic heterocycles. The van der Waals surface area contributed by atoms with Gasteiger partial charge >= 0.3 is 0 Å². The van der Waals surface area contributed by atoms with Crippen molar-refractivity contribution in [3.63, 3.8) is 0 Å². The lowest BCUT2D eigenvalue weighted by molar-refractivity contribution is -0.118. The standard InChI is InChI=1S/C24H26N4O2/c1-5-23(29)28(4)22-11-9-19(13-17(22)2)21-10-8-20(15-26-21)24(30)27(3)16-18-7-6-12-25-14-18/h6-15H,5,16H2,1-4H3. The molecule has 0 aliphatic heterocycles. The van der Waals surface area contributed by atoms with Gasteiger partial charge in [0, 0.05) is 56.9 Å². The van der Waals surface area contributed by atoms with Crippen molar-refractivity contribution in [3.05, 3.63) is 77.7 Å². The van der Waals surface area contributed by atoms with E-state index < -0.39 is 0 Å². The van der Waals surface area contributed by atoms with Gasteiger partial charge < -0.3 is 9.80 Å². The van der Waals surface area contributed by atoms with E-state index in [1.165, 1.54) is 0 Å². The fourth-order valence-corrected chi connectivity index (χ4v) is 3.31. The molecular formula is C24H26N4O2. The molecule has 0 aliphatic carbocycles. The third-order valence-corrected chi connectivity index (χ3v) is 5.03. The predicted octanol–water partition coefficient (Wildman–Crippen LogP) is 4.10. The SMILES string of the molecule is CCC(=O)N(C)c1ccc(-c2ccc(C(=O)N(C)Cc3cccnc3)cn2)cc1C. The molecule has 0 spiro atoms. The van der Waals surface area contributed by atoms with Crippen molar-refractivity contribution < 1.29 is 9.59 Å². The topological polar surface area (TPSA) is 66.4 Å². The highest BCUT2D eigenvalue weighted by atomic mass is 16.2. The Labute approximate surface area is 177 Å². The van der Waals surface area contributed by atoms with E-state index in [0.717, 1.165) is 28.1 Å². The van der Waals surface area contributed by atoms with E-state index in [4.69, 9.17) is 0 Å². The Bertz CT molecular complexity index is 1030. The summed E-state index contributed by atoms with van der Waals surface area (Å²) in [7, 11) is 3.55. The number of carbonyl (C=O) groups is 2. The summed E-state index contributed by atoms with van der Waals surface area (Å²) in [5.41, 5.74) is 5.10. The summed E-state index contributed by atoms with van der Waals surface area (Å²) in [6.07, 6.45) is 5.53. The van der Waals surface area contributed by atoms with E-state index in [1.807, 2.05) is 50.2 Å². The van der Waals surface area contributed by atoms with Crippen LogP contribution in [-0.4, -0.2) is 40.8 Å². The molecule has 1 aromatic carbocycles. The van der Waals surface area contributed by atoms with Gasteiger partial charge in [-0.3, -0.25) is 19.6 Å². The fraction of sp³-hybridized carbons (Fsp3) is 0.250. The lowest BCUT2D eigenvalue weighted by atomic mass is 10.0. The van der Waals surface area contributed by atoms with Gasteiger partial charge in [0.1, 0.15) is 0 Å².